The first-order valence-corrected chi connectivity index (χ1v) is 5.33. The normalized spacial score (nSPS) is 16.3. The smallest absolute Gasteiger partial charge is 0.222 e. The van der Waals surface area contributed by atoms with E-state index in [-0.39, 0.29) is 5.95 Å². The Bertz CT molecular complexity index is 363. The zero-order valence-corrected chi connectivity index (χ0v) is 9.03. The van der Waals surface area contributed by atoms with E-state index in [0.717, 1.165) is 43.7 Å². The molecule has 0 atom stereocenters. The molecule has 0 saturated carbocycles. The van der Waals surface area contributed by atoms with Gasteiger partial charge in [0.15, 0.2) is 0 Å². The van der Waals surface area contributed by atoms with Crippen molar-refractivity contribution in [2.24, 2.45) is 0 Å². The third kappa shape index (κ3) is 2.02. The average molecular weight is 207 g/mol. The van der Waals surface area contributed by atoms with E-state index in [1.165, 1.54) is 0 Å². The van der Waals surface area contributed by atoms with Gasteiger partial charge in [-0.15, -0.1) is 0 Å². The van der Waals surface area contributed by atoms with Crippen LogP contribution in [0.2, 0.25) is 0 Å². The summed E-state index contributed by atoms with van der Waals surface area (Å²) in [6, 6.07) is 0. The molecule has 0 radical (unpaired) electrons. The highest BCUT2D eigenvalue weighted by atomic mass is 15.1. The van der Waals surface area contributed by atoms with Crippen LogP contribution in [0.4, 0.5) is 11.8 Å². The highest BCUT2D eigenvalue weighted by molar-refractivity contribution is 5.46. The van der Waals surface area contributed by atoms with E-state index in [2.05, 4.69) is 21.8 Å². The van der Waals surface area contributed by atoms with Crippen LogP contribution in [0.25, 0.3) is 0 Å². The maximum absolute atomic E-state index is 5.84. The van der Waals surface area contributed by atoms with Gasteiger partial charge in [-0.3, -0.25) is 4.90 Å². The van der Waals surface area contributed by atoms with E-state index < -0.39 is 0 Å². The Labute approximate surface area is 89.5 Å². The van der Waals surface area contributed by atoms with Crippen molar-refractivity contribution in [2.75, 3.05) is 24.6 Å². The van der Waals surface area contributed by atoms with Crippen LogP contribution in [0, 0.1) is 0 Å². The number of aromatic nitrogens is 2. The van der Waals surface area contributed by atoms with Gasteiger partial charge in [0.2, 0.25) is 5.95 Å². The number of nitrogen functional groups attached to an aromatic ring is 2. The Hall–Kier alpha value is -1.36. The minimum atomic E-state index is 0.287. The Morgan fingerprint density at radius 3 is 2.87 bits per heavy atom. The number of anilines is 2. The molecule has 0 aliphatic carbocycles. The lowest BCUT2D eigenvalue weighted by Gasteiger charge is -2.28. The van der Waals surface area contributed by atoms with E-state index in [1.807, 2.05) is 0 Å². The summed E-state index contributed by atoms with van der Waals surface area (Å²) in [5, 5.41) is 0. The second-order valence-corrected chi connectivity index (χ2v) is 3.92. The third-order valence-electron chi connectivity index (χ3n) is 2.73. The van der Waals surface area contributed by atoms with Gasteiger partial charge in [-0.05, 0) is 13.0 Å². The van der Waals surface area contributed by atoms with Crippen molar-refractivity contribution >= 4 is 11.8 Å². The fourth-order valence-corrected chi connectivity index (χ4v) is 2.02. The number of nitrogens with zero attached hydrogens (tertiary/aromatic N) is 3. The lowest BCUT2D eigenvalue weighted by atomic mass is 10.1. The van der Waals surface area contributed by atoms with Crippen LogP contribution < -0.4 is 11.5 Å². The number of fused-ring (bicyclic) bond motifs is 1. The quantitative estimate of drug-likeness (QED) is 0.734. The van der Waals surface area contributed by atoms with Crippen LogP contribution in [0.1, 0.15) is 24.6 Å². The van der Waals surface area contributed by atoms with E-state index >= 15 is 0 Å². The van der Waals surface area contributed by atoms with Crippen LogP contribution in [-0.2, 0) is 13.0 Å². The molecule has 0 amide bonds. The van der Waals surface area contributed by atoms with Crippen LogP contribution in [-0.4, -0.2) is 28.0 Å². The van der Waals surface area contributed by atoms with Crippen molar-refractivity contribution < 1.29 is 0 Å². The minimum Gasteiger partial charge on any atom is -0.383 e. The van der Waals surface area contributed by atoms with Gasteiger partial charge < -0.3 is 11.5 Å². The molecule has 82 valence electrons. The first-order valence-electron chi connectivity index (χ1n) is 5.33. The number of rotatable bonds is 2. The standard InChI is InChI=1S/C10H17N5/c1-2-4-15-5-3-8-7(6-15)9(11)14-10(12)13-8/h2-6H2,1H3,(H4,11,12,13,14). The second kappa shape index (κ2) is 4.02. The summed E-state index contributed by atoms with van der Waals surface area (Å²) in [5.41, 5.74) is 13.5. The van der Waals surface area contributed by atoms with Gasteiger partial charge in [-0.1, -0.05) is 6.92 Å². The molecule has 5 heteroatoms. The molecule has 2 heterocycles. The first kappa shape index (κ1) is 10.2. The highest BCUT2D eigenvalue weighted by Gasteiger charge is 2.20. The lowest BCUT2D eigenvalue weighted by Crippen LogP contribution is -2.32. The van der Waals surface area contributed by atoms with Crippen molar-refractivity contribution in [1.29, 1.82) is 0 Å². The van der Waals surface area contributed by atoms with Gasteiger partial charge in [0.25, 0.3) is 0 Å². The molecule has 0 bridgehead atoms. The Kier molecular flexibility index (Phi) is 2.73. The van der Waals surface area contributed by atoms with E-state index in [4.69, 9.17) is 11.5 Å². The van der Waals surface area contributed by atoms with Gasteiger partial charge in [-0.2, -0.15) is 4.98 Å². The predicted octanol–water partition coefficient (Wildman–Crippen LogP) is 0.409. The molecule has 0 spiro atoms. The fraction of sp³-hybridized carbons (Fsp3) is 0.600. The molecule has 1 aliphatic heterocycles. The van der Waals surface area contributed by atoms with Crippen molar-refractivity contribution in [3.8, 4) is 0 Å². The molecule has 2 rings (SSSR count). The summed E-state index contributed by atoms with van der Waals surface area (Å²) in [4.78, 5) is 10.6. The van der Waals surface area contributed by atoms with Crippen molar-refractivity contribution in [3.63, 3.8) is 0 Å². The van der Waals surface area contributed by atoms with Crippen LogP contribution in [0.15, 0.2) is 0 Å². The van der Waals surface area contributed by atoms with E-state index in [1.54, 1.807) is 0 Å². The lowest BCUT2D eigenvalue weighted by molar-refractivity contribution is 0.253. The zero-order chi connectivity index (χ0) is 10.8. The van der Waals surface area contributed by atoms with E-state index in [9.17, 15) is 0 Å². The monoisotopic (exact) mass is 207 g/mol. The molecule has 15 heavy (non-hydrogen) atoms. The summed E-state index contributed by atoms with van der Waals surface area (Å²) in [5.74, 6) is 0.827. The second-order valence-electron chi connectivity index (χ2n) is 3.92. The molecule has 1 aromatic heterocycles. The Balaban J connectivity index is 2.25. The van der Waals surface area contributed by atoms with Crippen molar-refractivity contribution in [2.45, 2.75) is 26.3 Å². The molecular formula is C10H17N5. The summed E-state index contributed by atoms with van der Waals surface area (Å²) >= 11 is 0. The number of hydrogen-bond acceptors (Lipinski definition) is 5. The van der Waals surface area contributed by atoms with Crippen LogP contribution >= 0.6 is 0 Å². The largest absolute Gasteiger partial charge is 0.383 e. The molecule has 5 nitrogen and oxygen atoms in total. The van der Waals surface area contributed by atoms with Gasteiger partial charge in [0.1, 0.15) is 5.82 Å². The number of nitrogens with two attached hydrogens (primary N) is 2. The Morgan fingerprint density at radius 2 is 2.13 bits per heavy atom. The zero-order valence-electron chi connectivity index (χ0n) is 9.03. The minimum absolute atomic E-state index is 0.287. The molecule has 1 aromatic rings. The van der Waals surface area contributed by atoms with Crippen molar-refractivity contribution in [1.82, 2.24) is 14.9 Å². The molecule has 1 aliphatic rings. The maximum atomic E-state index is 5.84. The molecule has 4 N–H and O–H groups in total. The van der Waals surface area contributed by atoms with Gasteiger partial charge in [-0.25, -0.2) is 4.98 Å². The van der Waals surface area contributed by atoms with Gasteiger partial charge in [0.05, 0.1) is 5.69 Å². The summed E-state index contributed by atoms with van der Waals surface area (Å²) in [6.45, 7) is 5.17. The van der Waals surface area contributed by atoms with Crippen molar-refractivity contribution in [3.05, 3.63) is 11.3 Å². The Morgan fingerprint density at radius 1 is 1.33 bits per heavy atom. The highest BCUT2D eigenvalue weighted by Crippen LogP contribution is 2.22. The molecule has 0 fully saturated rings. The predicted molar refractivity (Wildman–Crippen MR) is 60.1 cm³/mol. The molecule has 0 saturated heterocycles. The third-order valence-corrected chi connectivity index (χ3v) is 2.73. The molecule has 0 aromatic carbocycles. The van der Waals surface area contributed by atoms with Gasteiger partial charge in [0, 0.05) is 25.1 Å². The SMILES string of the molecule is CCCN1CCc2nc(N)nc(N)c2C1. The maximum Gasteiger partial charge on any atom is 0.222 e. The average Bonchev–Trinajstić information content (AvgIpc) is 2.19. The topological polar surface area (TPSA) is 81.1 Å². The molecule has 0 unspecified atom stereocenters. The fourth-order valence-electron chi connectivity index (χ4n) is 2.02. The summed E-state index contributed by atoms with van der Waals surface area (Å²) in [6.07, 6.45) is 2.08. The molecular weight excluding hydrogens is 190 g/mol. The van der Waals surface area contributed by atoms with Gasteiger partial charge >= 0.3 is 0 Å². The van der Waals surface area contributed by atoms with Crippen LogP contribution in [0.3, 0.4) is 0 Å². The van der Waals surface area contributed by atoms with E-state index in [0.29, 0.717) is 5.82 Å². The number of hydrogen-bond donors (Lipinski definition) is 2. The van der Waals surface area contributed by atoms with Crippen LogP contribution in [0.5, 0.6) is 0 Å². The summed E-state index contributed by atoms with van der Waals surface area (Å²) < 4.78 is 0. The summed E-state index contributed by atoms with van der Waals surface area (Å²) in [7, 11) is 0. The first-order chi connectivity index (χ1) is 7.20.